The summed E-state index contributed by atoms with van der Waals surface area (Å²) >= 11 is 2.54. The quantitative estimate of drug-likeness (QED) is 0.272. The molecule has 3 rings (SSSR count). The molecule has 166 valence electrons. The summed E-state index contributed by atoms with van der Waals surface area (Å²) in [4.78, 5) is 9.73. The van der Waals surface area contributed by atoms with Gasteiger partial charge in [-0.3, -0.25) is 5.41 Å². The molecular weight excluding hydrogens is 477 g/mol. The molecule has 0 bridgehead atoms. The van der Waals surface area contributed by atoms with Crippen LogP contribution in [0.4, 0.5) is 13.2 Å². The number of thiophene rings is 1. The highest BCUT2D eigenvalue weighted by atomic mass is 32.2. The average molecular weight is 493 g/mol. The van der Waals surface area contributed by atoms with Crippen molar-refractivity contribution in [3.8, 4) is 11.1 Å². The molecule has 0 spiro atoms. The highest BCUT2D eigenvalue weighted by molar-refractivity contribution is 8.01. The number of nitrogens with one attached hydrogen (secondary N) is 1. The van der Waals surface area contributed by atoms with E-state index in [1.54, 1.807) is 43.0 Å². The van der Waals surface area contributed by atoms with E-state index in [9.17, 15) is 21.6 Å². The number of hydrogen-bond donors (Lipinski definition) is 3. The summed E-state index contributed by atoms with van der Waals surface area (Å²) in [7, 11) is -3.70. The molecule has 13 heteroatoms. The predicted molar refractivity (Wildman–Crippen MR) is 110 cm³/mol. The number of carboxylic acid groups (broad SMARTS) is 1. The van der Waals surface area contributed by atoms with Crippen LogP contribution in [0.15, 0.2) is 67.3 Å². The molecule has 0 aliphatic heterocycles. The van der Waals surface area contributed by atoms with E-state index in [-0.39, 0.29) is 15.6 Å². The first-order valence-corrected chi connectivity index (χ1v) is 11.6. The highest BCUT2D eigenvalue weighted by Crippen LogP contribution is 2.37. The van der Waals surface area contributed by atoms with Gasteiger partial charge in [0, 0.05) is 5.56 Å². The lowest BCUT2D eigenvalue weighted by Crippen LogP contribution is -2.21. The summed E-state index contributed by atoms with van der Waals surface area (Å²) in [5.74, 6) is -2.89. The van der Waals surface area contributed by atoms with Gasteiger partial charge >= 0.3 is 12.1 Å². The number of carbonyl (C=O) groups is 1. The number of thioether (sulfide) groups is 1. The van der Waals surface area contributed by atoms with Crippen LogP contribution in [0.1, 0.15) is 4.88 Å². The van der Waals surface area contributed by atoms with Gasteiger partial charge in [-0.05, 0) is 36.1 Å². The molecule has 0 unspecified atom stereocenters. The van der Waals surface area contributed by atoms with Gasteiger partial charge in [-0.15, -0.1) is 23.1 Å². The maximum Gasteiger partial charge on any atom is 0.490 e. The molecule has 0 saturated heterocycles. The number of carboxylic acids is 1. The zero-order chi connectivity index (χ0) is 23.4. The van der Waals surface area contributed by atoms with Crippen molar-refractivity contribution in [2.24, 2.45) is 5.73 Å². The number of furan rings is 1. The van der Waals surface area contributed by atoms with Crippen LogP contribution in [0.5, 0.6) is 0 Å². The van der Waals surface area contributed by atoms with E-state index >= 15 is 0 Å². The highest BCUT2D eigenvalue weighted by Gasteiger charge is 2.38. The molecule has 7 nitrogen and oxygen atoms in total. The fraction of sp³-hybridized carbons (Fsp3) is 0.111. The number of hydrogen-bond acceptors (Lipinski definition) is 7. The normalized spacial score (nSPS) is 11.5. The summed E-state index contributed by atoms with van der Waals surface area (Å²) < 4.78 is 63.5. The van der Waals surface area contributed by atoms with Crippen LogP contribution in [0, 0.1) is 5.41 Å². The van der Waals surface area contributed by atoms with Crippen molar-refractivity contribution in [2.45, 2.75) is 20.2 Å². The standard InChI is InChI=1S/C16H14N2O3S3.C2HF3O2/c1-22-16-14(8-13(23-16)15(17)18)24(19,20)12-4-2-3-10(7-12)11-5-6-21-9-11;3-2(4,5)1(6)7/h2-9H,1H3,(H3,17,18);(H,6,7). The number of amidine groups is 1. The Hall–Kier alpha value is -2.77. The second kappa shape index (κ2) is 9.58. The van der Waals surface area contributed by atoms with Crippen LogP contribution >= 0.6 is 23.1 Å². The topological polar surface area (TPSA) is 134 Å². The molecule has 0 aliphatic carbocycles. The lowest BCUT2D eigenvalue weighted by Gasteiger charge is -2.06. The van der Waals surface area contributed by atoms with Gasteiger partial charge in [-0.1, -0.05) is 12.1 Å². The fourth-order valence-corrected chi connectivity index (χ4v) is 6.12. The van der Waals surface area contributed by atoms with E-state index in [1.807, 2.05) is 6.07 Å². The van der Waals surface area contributed by atoms with Gasteiger partial charge in [0.25, 0.3) is 0 Å². The van der Waals surface area contributed by atoms with Crippen LogP contribution in [0.3, 0.4) is 0 Å². The molecule has 1 aromatic carbocycles. The second-order valence-electron chi connectivity index (χ2n) is 5.73. The van der Waals surface area contributed by atoms with E-state index in [0.717, 1.165) is 11.1 Å². The van der Waals surface area contributed by atoms with Crippen molar-refractivity contribution in [1.29, 1.82) is 5.41 Å². The van der Waals surface area contributed by atoms with E-state index in [1.165, 1.54) is 29.2 Å². The van der Waals surface area contributed by atoms with Crippen LogP contribution in [0.2, 0.25) is 0 Å². The number of aliphatic carboxylic acids is 1. The van der Waals surface area contributed by atoms with E-state index in [2.05, 4.69) is 0 Å². The van der Waals surface area contributed by atoms with Gasteiger partial charge < -0.3 is 15.3 Å². The second-order valence-corrected chi connectivity index (χ2v) is 9.77. The zero-order valence-electron chi connectivity index (χ0n) is 15.6. The molecule has 0 radical (unpaired) electrons. The van der Waals surface area contributed by atoms with Gasteiger partial charge in [0.2, 0.25) is 9.84 Å². The fourth-order valence-electron chi connectivity index (χ4n) is 2.22. The first-order chi connectivity index (χ1) is 14.4. The minimum atomic E-state index is -5.08. The minimum Gasteiger partial charge on any atom is -0.475 e. The molecule has 2 aromatic heterocycles. The molecule has 0 fully saturated rings. The average Bonchev–Trinajstić information content (AvgIpc) is 3.38. The lowest BCUT2D eigenvalue weighted by molar-refractivity contribution is -0.192. The van der Waals surface area contributed by atoms with Crippen LogP contribution < -0.4 is 5.73 Å². The zero-order valence-corrected chi connectivity index (χ0v) is 18.1. The van der Waals surface area contributed by atoms with Gasteiger partial charge in [0.1, 0.15) is 5.84 Å². The number of nitrogens with two attached hydrogens (primary N) is 1. The number of nitrogen functional groups attached to an aromatic ring is 1. The number of alkyl halides is 3. The third kappa shape index (κ3) is 5.89. The van der Waals surface area contributed by atoms with E-state index < -0.39 is 22.0 Å². The summed E-state index contributed by atoms with van der Waals surface area (Å²) in [5.41, 5.74) is 7.07. The van der Waals surface area contributed by atoms with E-state index in [0.29, 0.717) is 9.09 Å². The number of rotatable bonds is 5. The van der Waals surface area contributed by atoms with Crippen molar-refractivity contribution in [2.75, 3.05) is 6.26 Å². The molecule has 0 amide bonds. The first kappa shape index (κ1) is 24.5. The van der Waals surface area contributed by atoms with Crippen molar-refractivity contribution in [3.63, 3.8) is 0 Å². The van der Waals surface area contributed by atoms with E-state index in [4.69, 9.17) is 25.5 Å². The molecule has 0 atom stereocenters. The van der Waals surface area contributed by atoms with Crippen molar-refractivity contribution >= 4 is 44.7 Å². The number of sulfone groups is 1. The predicted octanol–water partition coefficient (Wildman–Crippen LogP) is 4.48. The Morgan fingerprint density at radius 2 is 1.87 bits per heavy atom. The van der Waals surface area contributed by atoms with Gasteiger partial charge in [-0.2, -0.15) is 13.2 Å². The summed E-state index contributed by atoms with van der Waals surface area (Å²) in [6.07, 6.45) is -0.172. The van der Waals surface area contributed by atoms with Gasteiger partial charge in [0.05, 0.1) is 31.4 Å². The monoisotopic (exact) mass is 492 g/mol. The Morgan fingerprint density at radius 3 is 2.35 bits per heavy atom. The third-order valence-electron chi connectivity index (χ3n) is 3.65. The van der Waals surface area contributed by atoms with Crippen LogP contribution in [0.25, 0.3) is 11.1 Å². The first-order valence-electron chi connectivity index (χ1n) is 8.08. The Labute approximate surface area is 183 Å². The Morgan fingerprint density at radius 1 is 1.23 bits per heavy atom. The molecule has 0 saturated carbocycles. The Kier molecular flexibility index (Phi) is 7.57. The maximum atomic E-state index is 13.0. The Bertz CT molecular complexity index is 1190. The molecule has 0 aliphatic rings. The largest absolute Gasteiger partial charge is 0.490 e. The van der Waals surface area contributed by atoms with Gasteiger partial charge in [-0.25, -0.2) is 13.2 Å². The van der Waals surface area contributed by atoms with Crippen LogP contribution in [-0.2, 0) is 14.6 Å². The Balaban J connectivity index is 0.000000423. The smallest absolute Gasteiger partial charge is 0.475 e. The number of halogens is 3. The maximum absolute atomic E-state index is 13.0. The molecular formula is C18H15F3N2O5S3. The number of benzene rings is 1. The van der Waals surface area contributed by atoms with Crippen molar-refractivity contribution in [1.82, 2.24) is 0 Å². The lowest BCUT2D eigenvalue weighted by atomic mass is 10.1. The molecule has 4 N–H and O–H groups in total. The minimum absolute atomic E-state index is 0.135. The van der Waals surface area contributed by atoms with Gasteiger partial charge in [0.15, 0.2) is 0 Å². The third-order valence-corrected chi connectivity index (χ3v) is 7.99. The molecule has 2 heterocycles. The van der Waals surface area contributed by atoms with Crippen molar-refractivity contribution < 1.29 is 35.9 Å². The van der Waals surface area contributed by atoms with Crippen molar-refractivity contribution in [3.05, 3.63) is 53.8 Å². The molecule has 31 heavy (non-hydrogen) atoms. The summed E-state index contributed by atoms with van der Waals surface area (Å²) in [6, 6.07) is 9.96. The molecule has 3 aromatic rings. The summed E-state index contributed by atoms with van der Waals surface area (Å²) in [5, 5.41) is 14.7. The van der Waals surface area contributed by atoms with Crippen LogP contribution in [-0.4, -0.2) is 37.8 Å². The summed E-state index contributed by atoms with van der Waals surface area (Å²) in [6.45, 7) is 0. The SMILES string of the molecule is CSc1sc(C(=N)N)cc1S(=O)(=O)c1cccc(-c2ccoc2)c1.O=C(O)C(F)(F)F.